The van der Waals surface area contributed by atoms with Crippen LogP contribution in [0.1, 0.15) is 37.2 Å². The summed E-state index contributed by atoms with van der Waals surface area (Å²) in [6.07, 6.45) is 0.0811. The smallest absolute Gasteiger partial charge is 0.339 e. The molecule has 2 aromatic carbocycles. The molecular formula is C27H26NO6-. The quantitative estimate of drug-likeness (QED) is 0.421. The number of nitrogens with one attached hydrogen (secondary N) is 1. The molecule has 1 atom stereocenters. The van der Waals surface area contributed by atoms with E-state index in [1.807, 2.05) is 50.2 Å². The van der Waals surface area contributed by atoms with Crippen molar-refractivity contribution in [3.8, 4) is 11.1 Å². The van der Waals surface area contributed by atoms with Crippen LogP contribution in [0.15, 0.2) is 56.1 Å². The van der Waals surface area contributed by atoms with Gasteiger partial charge in [0.05, 0.1) is 12.0 Å². The number of carbonyl (C=O) groups excluding carboxylic acids is 2. The fraction of sp³-hybridized carbons (Fsp3) is 0.296. The van der Waals surface area contributed by atoms with E-state index >= 15 is 0 Å². The molecule has 0 fully saturated rings. The second-order valence-corrected chi connectivity index (χ2v) is 8.85. The van der Waals surface area contributed by atoms with Crippen LogP contribution in [0.5, 0.6) is 0 Å². The van der Waals surface area contributed by atoms with E-state index in [-0.39, 0.29) is 18.8 Å². The van der Waals surface area contributed by atoms with Gasteiger partial charge in [0.25, 0.3) is 0 Å². The number of hydrogen-bond acceptors (Lipinski definition) is 6. The zero-order valence-corrected chi connectivity index (χ0v) is 19.6. The highest BCUT2D eigenvalue weighted by atomic mass is 16.4. The molecule has 0 radical (unpaired) electrons. The third kappa shape index (κ3) is 4.33. The molecule has 4 aromatic rings. The second kappa shape index (κ2) is 9.17. The van der Waals surface area contributed by atoms with Crippen LogP contribution in [-0.4, -0.2) is 17.9 Å². The third-order valence-electron chi connectivity index (χ3n) is 6.17. The van der Waals surface area contributed by atoms with E-state index < -0.39 is 23.5 Å². The van der Waals surface area contributed by atoms with Crippen LogP contribution in [0.4, 0.5) is 0 Å². The van der Waals surface area contributed by atoms with E-state index in [1.165, 1.54) is 0 Å². The molecule has 4 rings (SSSR count). The summed E-state index contributed by atoms with van der Waals surface area (Å²) in [5, 5.41) is 15.4. The summed E-state index contributed by atoms with van der Waals surface area (Å²) >= 11 is 0. The van der Waals surface area contributed by atoms with Crippen molar-refractivity contribution in [1.82, 2.24) is 5.32 Å². The standard InChI is InChI=1S/C27H27NO6/c1-14(2)25(26(30)31)28-23(29)11-10-18-15(3)19-12-20-22(13-21(19)34-27(18)32)33-16(4)24(20)17-8-6-5-7-9-17/h5-9,12-14,25H,10-11H2,1-4H3,(H,28,29)(H,30,31)/p-1/t25-/m0/s1. The Balaban J connectivity index is 1.70. The van der Waals surface area contributed by atoms with Gasteiger partial charge in [-0.3, -0.25) is 4.79 Å². The molecule has 7 nitrogen and oxygen atoms in total. The van der Waals surface area contributed by atoms with Crippen LogP contribution in [0, 0.1) is 19.8 Å². The number of carboxylic acid groups (broad SMARTS) is 1. The van der Waals surface area contributed by atoms with Gasteiger partial charge in [-0.15, -0.1) is 0 Å². The highest BCUT2D eigenvalue weighted by molar-refractivity contribution is 6.03. The first-order valence-corrected chi connectivity index (χ1v) is 11.2. The van der Waals surface area contributed by atoms with E-state index in [4.69, 9.17) is 8.83 Å². The lowest BCUT2D eigenvalue weighted by atomic mass is 9.98. The third-order valence-corrected chi connectivity index (χ3v) is 6.17. The molecule has 0 saturated carbocycles. The number of furan rings is 1. The molecule has 1 amide bonds. The summed E-state index contributed by atoms with van der Waals surface area (Å²) in [4.78, 5) is 36.3. The van der Waals surface area contributed by atoms with Crippen molar-refractivity contribution in [2.45, 2.75) is 46.6 Å². The minimum Gasteiger partial charge on any atom is -0.548 e. The molecule has 34 heavy (non-hydrogen) atoms. The van der Waals surface area contributed by atoms with E-state index in [0.717, 1.165) is 33.2 Å². The maximum absolute atomic E-state index is 12.7. The molecule has 0 aliphatic rings. The number of carboxylic acids is 1. The topological polar surface area (TPSA) is 113 Å². The number of benzene rings is 2. The molecule has 0 saturated heterocycles. The molecular weight excluding hydrogens is 434 g/mol. The minimum absolute atomic E-state index is 0.0457. The van der Waals surface area contributed by atoms with Gasteiger partial charge in [-0.05, 0) is 43.4 Å². The maximum Gasteiger partial charge on any atom is 0.339 e. The Morgan fingerprint density at radius 1 is 1.00 bits per heavy atom. The Morgan fingerprint density at radius 3 is 2.32 bits per heavy atom. The van der Waals surface area contributed by atoms with Crippen molar-refractivity contribution in [2.24, 2.45) is 5.92 Å². The van der Waals surface area contributed by atoms with Gasteiger partial charge in [0.2, 0.25) is 5.91 Å². The van der Waals surface area contributed by atoms with Crippen molar-refractivity contribution < 1.29 is 23.5 Å². The number of rotatable bonds is 7. The normalized spacial score (nSPS) is 12.4. The highest BCUT2D eigenvalue weighted by Crippen LogP contribution is 2.37. The lowest BCUT2D eigenvalue weighted by Crippen LogP contribution is -2.50. The summed E-state index contributed by atoms with van der Waals surface area (Å²) in [5.41, 5.74) is 3.62. The predicted molar refractivity (Wildman–Crippen MR) is 127 cm³/mol. The summed E-state index contributed by atoms with van der Waals surface area (Å²) in [7, 11) is 0. The van der Waals surface area contributed by atoms with Gasteiger partial charge in [-0.25, -0.2) is 4.79 Å². The zero-order valence-electron chi connectivity index (χ0n) is 19.6. The Kier molecular flexibility index (Phi) is 6.28. The molecule has 0 aliphatic heterocycles. The van der Waals surface area contributed by atoms with Crippen LogP contribution in [0.25, 0.3) is 33.1 Å². The van der Waals surface area contributed by atoms with Gasteiger partial charge < -0.3 is 24.1 Å². The van der Waals surface area contributed by atoms with Crippen LogP contribution < -0.4 is 16.0 Å². The second-order valence-electron chi connectivity index (χ2n) is 8.85. The monoisotopic (exact) mass is 460 g/mol. The fourth-order valence-corrected chi connectivity index (χ4v) is 4.34. The Hall–Kier alpha value is -3.87. The fourth-order valence-electron chi connectivity index (χ4n) is 4.34. The van der Waals surface area contributed by atoms with Crippen LogP contribution >= 0.6 is 0 Å². The predicted octanol–water partition coefficient (Wildman–Crippen LogP) is 3.65. The zero-order chi connectivity index (χ0) is 24.6. The summed E-state index contributed by atoms with van der Waals surface area (Å²) in [6.45, 7) is 7.10. The molecule has 0 spiro atoms. The molecule has 0 aliphatic carbocycles. The number of aryl methyl sites for hydroxylation is 2. The largest absolute Gasteiger partial charge is 0.548 e. The Labute approximate surface area is 196 Å². The van der Waals surface area contributed by atoms with Gasteiger partial charge in [-0.2, -0.15) is 0 Å². The lowest BCUT2D eigenvalue weighted by Gasteiger charge is -2.23. The molecule has 0 unspecified atom stereocenters. The minimum atomic E-state index is -1.33. The summed E-state index contributed by atoms with van der Waals surface area (Å²) < 4.78 is 11.5. The summed E-state index contributed by atoms with van der Waals surface area (Å²) in [6, 6.07) is 12.5. The molecule has 2 heterocycles. The van der Waals surface area contributed by atoms with Gasteiger partial charge in [-0.1, -0.05) is 44.2 Å². The van der Waals surface area contributed by atoms with Crippen molar-refractivity contribution in [1.29, 1.82) is 0 Å². The van der Waals surface area contributed by atoms with Crippen LogP contribution in [-0.2, 0) is 16.0 Å². The SMILES string of the molecule is Cc1oc2cc3oc(=O)c(CCC(=O)N[C@H](C(=O)[O-])C(C)C)c(C)c3cc2c1-c1ccccc1. The Bertz CT molecular complexity index is 1450. The van der Waals surface area contributed by atoms with Crippen molar-refractivity contribution >= 4 is 33.8 Å². The summed E-state index contributed by atoms with van der Waals surface area (Å²) in [5.74, 6) is -1.35. The molecule has 1 N–H and O–H groups in total. The maximum atomic E-state index is 12.7. The first-order valence-electron chi connectivity index (χ1n) is 11.2. The van der Waals surface area contributed by atoms with E-state index in [2.05, 4.69) is 5.32 Å². The first-order chi connectivity index (χ1) is 16.2. The van der Waals surface area contributed by atoms with Crippen molar-refractivity contribution in [2.75, 3.05) is 0 Å². The highest BCUT2D eigenvalue weighted by Gasteiger charge is 2.20. The molecule has 7 heteroatoms. The van der Waals surface area contributed by atoms with Gasteiger partial charge in [0, 0.05) is 34.4 Å². The average Bonchev–Trinajstić information content (AvgIpc) is 3.10. The number of aliphatic carboxylic acids is 1. The van der Waals surface area contributed by atoms with E-state index in [9.17, 15) is 19.5 Å². The Morgan fingerprint density at radius 2 is 1.68 bits per heavy atom. The van der Waals surface area contributed by atoms with E-state index in [0.29, 0.717) is 16.7 Å². The van der Waals surface area contributed by atoms with Crippen LogP contribution in [0.3, 0.4) is 0 Å². The lowest BCUT2D eigenvalue weighted by molar-refractivity contribution is -0.309. The molecule has 176 valence electrons. The van der Waals surface area contributed by atoms with Gasteiger partial charge >= 0.3 is 5.63 Å². The number of hydrogen-bond donors (Lipinski definition) is 1. The number of carbonyl (C=O) groups is 2. The molecule has 0 bridgehead atoms. The number of amides is 1. The van der Waals surface area contributed by atoms with Crippen molar-refractivity contribution in [3.63, 3.8) is 0 Å². The molecule has 2 aromatic heterocycles. The first kappa shape index (κ1) is 23.3. The average molecular weight is 461 g/mol. The van der Waals surface area contributed by atoms with Crippen molar-refractivity contribution in [3.05, 3.63) is 69.8 Å². The van der Waals surface area contributed by atoms with Crippen LogP contribution in [0.2, 0.25) is 0 Å². The number of fused-ring (bicyclic) bond motifs is 2. The van der Waals surface area contributed by atoms with Gasteiger partial charge in [0.1, 0.15) is 16.9 Å². The van der Waals surface area contributed by atoms with Gasteiger partial charge in [0.15, 0.2) is 0 Å². The van der Waals surface area contributed by atoms with E-state index in [1.54, 1.807) is 19.9 Å².